The predicted molar refractivity (Wildman–Crippen MR) is 60.0 cm³/mol. The van der Waals surface area contributed by atoms with Crippen LogP contribution in [0, 0.1) is 0 Å². The molecule has 0 aromatic heterocycles. The minimum absolute atomic E-state index is 0.191. The molecule has 0 amide bonds. The first-order valence-corrected chi connectivity index (χ1v) is 7.49. The van der Waals surface area contributed by atoms with Crippen LogP contribution in [0.25, 0.3) is 0 Å². The van der Waals surface area contributed by atoms with E-state index in [1.807, 2.05) is 6.92 Å². The number of aliphatic hydroxyl groups is 2. The third-order valence-electron chi connectivity index (χ3n) is 2.01. The van der Waals surface area contributed by atoms with Gasteiger partial charge in [-0.25, -0.2) is 0 Å². The SMILES string of the molecule is C1CNC1.CCO[SiH](CCO)CCO. The van der Waals surface area contributed by atoms with Crippen LogP contribution in [0.15, 0.2) is 0 Å². The van der Waals surface area contributed by atoms with Gasteiger partial charge in [0.05, 0.1) is 0 Å². The largest absolute Gasteiger partial charge is 0.420 e. The summed E-state index contributed by atoms with van der Waals surface area (Å²) >= 11 is 0. The lowest BCUT2D eigenvalue weighted by molar-refractivity contribution is 0.278. The highest BCUT2D eigenvalue weighted by molar-refractivity contribution is 6.51. The van der Waals surface area contributed by atoms with Crippen molar-refractivity contribution < 1.29 is 14.6 Å². The lowest BCUT2D eigenvalue weighted by atomic mass is 10.3. The summed E-state index contributed by atoms with van der Waals surface area (Å²) in [6.45, 7) is 5.53. The zero-order valence-electron chi connectivity index (χ0n) is 9.04. The molecular formula is C9H23NO3Si. The molecule has 0 bridgehead atoms. The van der Waals surface area contributed by atoms with Gasteiger partial charge in [-0.15, -0.1) is 0 Å². The molecule has 0 atom stereocenters. The van der Waals surface area contributed by atoms with Crippen LogP contribution in [0.1, 0.15) is 13.3 Å². The Morgan fingerprint density at radius 2 is 1.64 bits per heavy atom. The maximum Gasteiger partial charge on any atom is 0.181 e. The van der Waals surface area contributed by atoms with Crippen molar-refractivity contribution in [2.75, 3.05) is 32.9 Å². The van der Waals surface area contributed by atoms with E-state index in [0.29, 0.717) is 6.61 Å². The van der Waals surface area contributed by atoms with E-state index in [4.69, 9.17) is 14.6 Å². The molecule has 0 unspecified atom stereocenters. The minimum Gasteiger partial charge on any atom is -0.420 e. The van der Waals surface area contributed by atoms with Gasteiger partial charge < -0.3 is 20.0 Å². The zero-order valence-corrected chi connectivity index (χ0v) is 10.2. The molecule has 4 nitrogen and oxygen atoms in total. The number of rotatable bonds is 6. The maximum atomic E-state index is 8.56. The highest BCUT2D eigenvalue weighted by Crippen LogP contribution is 1.99. The Morgan fingerprint density at radius 3 is 1.86 bits per heavy atom. The van der Waals surface area contributed by atoms with Crippen molar-refractivity contribution >= 4 is 9.04 Å². The molecule has 0 spiro atoms. The Labute approximate surface area is 88.0 Å². The smallest absolute Gasteiger partial charge is 0.181 e. The van der Waals surface area contributed by atoms with E-state index in [9.17, 15) is 0 Å². The summed E-state index contributed by atoms with van der Waals surface area (Å²) in [7, 11) is -1.23. The number of hydrogen-bond acceptors (Lipinski definition) is 4. The van der Waals surface area contributed by atoms with E-state index in [1.54, 1.807) is 0 Å². The van der Waals surface area contributed by atoms with Crippen LogP contribution in [0.5, 0.6) is 0 Å². The van der Waals surface area contributed by atoms with Crippen molar-refractivity contribution in [2.45, 2.75) is 25.4 Å². The molecule has 86 valence electrons. The summed E-state index contributed by atoms with van der Waals surface area (Å²) in [5.74, 6) is 0. The molecule has 1 aliphatic heterocycles. The summed E-state index contributed by atoms with van der Waals surface area (Å²) in [6.07, 6.45) is 1.39. The molecule has 0 aromatic carbocycles. The Bertz CT molecular complexity index is 94.0. The van der Waals surface area contributed by atoms with E-state index < -0.39 is 9.04 Å². The predicted octanol–water partition coefficient (Wildman–Crippen LogP) is -0.289. The molecule has 0 aliphatic carbocycles. The van der Waals surface area contributed by atoms with Gasteiger partial charge in [-0.05, 0) is 38.5 Å². The van der Waals surface area contributed by atoms with E-state index in [1.165, 1.54) is 19.5 Å². The van der Waals surface area contributed by atoms with Crippen molar-refractivity contribution in [3.05, 3.63) is 0 Å². The molecule has 1 heterocycles. The molecular weight excluding hydrogens is 198 g/mol. The normalized spacial score (nSPS) is 14.6. The fourth-order valence-electron chi connectivity index (χ4n) is 1.01. The molecule has 5 heteroatoms. The summed E-state index contributed by atoms with van der Waals surface area (Å²) in [4.78, 5) is 0. The Hall–Kier alpha value is 0.0569. The van der Waals surface area contributed by atoms with Crippen molar-refractivity contribution in [3.63, 3.8) is 0 Å². The molecule has 0 aromatic rings. The van der Waals surface area contributed by atoms with E-state index in [2.05, 4.69) is 5.32 Å². The Balaban J connectivity index is 0.000000344. The van der Waals surface area contributed by atoms with Crippen LogP contribution in [0.3, 0.4) is 0 Å². The van der Waals surface area contributed by atoms with E-state index in [-0.39, 0.29) is 13.2 Å². The second kappa shape index (κ2) is 11.1. The summed E-state index contributed by atoms with van der Waals surface area (Å²) in [5, 5.41) is 20.2. The minimum atomic E-state index is -1.23. The zero-order chi connectivity index (χ0) is 10.6. The highest BCUT2D eigenvalue weighted by Gasteiger charge is 2.08. The maximum absolute atomic E-state index is 8.56. The molecule has 0 radical (unpaired) electrons. The van der Waals surface area contributed by atoms with Crippen molar-refractivity contribution in [2.24, 2.45) is 0 Å². The average molecular weight is 221 g/mol. The third-order valence-corrected chi connectivity index (χ3v) is 4.62. The number of nitrogens with one attached hydrogen (secondary N) is 1. The second-order valence-corrected chi connectivity index (χ2v) is 5.94. The van der Waals surface area contributed by atoms with Gasteiger partial charge in [0.2, 0.25) is 0 Å². The molecule has 0 saturated carbocycles. The van der Waals surface area contributed by atoms with Gasteiger partial charge in [0.15, 0.2) is 9.04 Å². The summed E-state index contributed by atoms with van der Waals surface area (Å²) < 4.78 is 5.34. The first kappa shape index (κ1) is 14.1. The first-order valence-electron chi connectivity index (χ1n) is 5.39. The van der Waals surface area contributed by atoms with Crippen LogP contribution in [0.4, 0.5) is 0 Å². The van der Waals surface area contributed by atoms with Crippen LogP contribution in [-0.4, -0.2) is 52.2 Å². The number of aliphatic hydroxyl groups excluding tert-OH is 2. The summed E-state index contributed by atoms with van der Waals surface area (Å²) in [5.41, 5.74) is 0. The van der Waals surface area contributed by atoms with Gasteiger partial charge in [-0.1, -0.05) is 0 Å². The fourth-order valence-corrected chi connectivity index (χ4v) is 2.68. The number of hydrogen-bond donors (Lipinski definition) is 3. The fraction of sp³-hybridized carbons (Fsp3) is 1.00. The molecule has 1 aliphatic rings. The second-order valence-electron chi connectivity index (χ2n) is 3.21. The van der Waals surface area contributed by atoms with Crippen molar-refractivity contribution in [1.29, 1.82) is 0 Å². The first-order chi connectivity index (χ1) is 6.85. The quantitative estimate of drug-likeness (QED) is 0.540. The van der Waals surface area contributed by atoms with Crippen LogP contribution < -0.4 is 5.32 Å². The Kier molecular flexibility index (Phi) is 11.2. The van der Waals surface area contributed by atoms with Gasteiger partial charge >= 0.3 is 0 Å². The van der Waals surface area contributed by atoms with Crippen LogP contribution >= 0.6 is 0 Å². The molecule has 14 heavy (non-hydrogen) atoms. The highest BCUT2D eigenvalue weighted by atomic mass is 28.3. The van der Waals surface area contributed by atoms with Crippen LogP contribution in [-0.2, 0) is 4.43 Å². The van der Waals surface area contributed by atoms with E-state index in [0.717, 1.165) is 12.1 Å². The van der Waals surface area contributed by atoms with Gasteiger partial charge in [0.25, 0.3) is 0 Å². The molecule has 1 rings (SSSR count). The van der Waals surface area contributed by atoms with Gasteiger partial charge in [-0.2, -0.15) is 0 Å². The lowest BCUT2D eigenvalue weighted by Crippen LogP contribution is -2.29. The van der Waals surface area contributed by atoms with Gasteiger partial charge in [0.1, 0.15) is 0 Å². The topological polar surface area (TPSA) is 61.7 Å². The lowest BCUT2D eigenvalue weighted by Gasteiger charge is -2.11. The van der Waals surface area contributed by atoms with Crippen LogP contribution in [0.2, 0.25) is 12.1 Å². The Morgan fingerprint density at radius 1 is 1.21 bits per heavy atom. The molecule has 1 fully saturated rings. The third kappa shape index (κ3) is 8.65. The molecule has 3 N–H and O–H groups in total. The molecule has 1 saturated heterocycles. The van der Waals surface area contributed by atoms with E-state index >= 15 is 0 Å². The van der Waals surface area contributed by atoms with Crippen molar-refractivity contribution in [3.8, 4) is 0 Å². The van der Waals surface area contributed by atoms with Gasteiger partial charge in [0, 0.05) is 19.8 Å². The summed E-state index contributed by atoms with van der Waals surface area (Å²) in [6, 6.07) is 1.52. The van der Waals surface area contributed by atoms with Crippen molar-refractivity contribution in [1.82, 2.24) is 5.32 Å². The van der Waals surface area contributed by atoms with Gasteiger partial charge in [-0.3, -0.25) is 0 Å². The standard InChI is InChI=1S/C6H16O3Si.C3H7N/c1-2-9-10(5-3-7)6-4-8;1-2-4-3-1/h7-8,10H,2-6H2,1H3;4H,1-3H2. The monoisotopic (exact) mass is 221 g/mol. The average Bonchev–Trinajstić information content (AvgIpc) is 2.02.